The molecule has 9 heteroatoms. The second kappa shape index (κ2) is 7.30. The molecule has 1 aliphatic rings. The number of aromatic nitrogens is 3. The molecule has 0 saturated carbocycles. The Kier molecular flexibility index (Phi) is 5.27. The summed E-state index contributed by atoms with van der Waals surface area (Å²) in [5.41, 5.74) is 2.34. The largest absolute Gasteiger partial charge is 0.451 e. The van der Waals surface area contributed by atoms with Crippen LogP contribution < -0.4 is 5.32 Å². The highest BCUT2D eigenvalue weighted by Gasteiger charge is 2.38. The van der Waals surface area contributed by atoms with Crippen molar-refractivity contribution >= 4 is 17.7 Å². The van der Waals surface area contributed by atoms with Gasteiger partial charge in [0.2, 0.25) is 11.7 Å². The average Bonchev–Trinajstić information content (AvgIpc) is 2.96. The summed E-state index contributed by atoms with van der Waals surface area (Å²) in [6.07, 6.45) is -1.74. The van der Waals surface area contributed by atoms with Crippen LogP contribution in [0.15, 0.2) is 29.4 Å². The van der Waals surface area contributed by atoms with E-state index in [4.69, 9.17) is 0 Å². The van der Waals surface area contributed by atoms with Crippen molar-refractivity contribution in [1.29, 1.82) is 0 Å². The Morgan fingerprint density at radius 3 is 2.77 bits per heavy atom. The molecule has 1 aliphatic carbocycles. The van der Waals surface area contributed by atoms with Crippen molar-refractivity contribution in [3.8, 4) is 0 Å². The molecule has 26 heavy (non-hydrogen) atoms. The predicted octanol–water partition coefficient (Wildman–Crippen LogP) is 3.51. The van der Waals surface area contributed by atoms with Gasteiger partial charge in [0.05, 0.1) is 11.3 Å². The molecule has 0 bridgehead atoms. The van der Waals surface area contributed by atoms with Crippen LogP contribution in [0.2, 0.25) is 0 Å². The fraction of sp³-hybridized carbons (Fsp3) is 0.471. The number of carbonyl (C=O) groups excluding carboxylic acids is 1. The molecule has 0 spiro atoms. The molecule has 1 heterocycles. The molecular formula is C17H19F3N4OS. The van der Waals surface area contributed by atoms with Crippen LogP contribution in [0.25, 0.3) is 0 Å². The van der Waals surface area contributed by atoms with Crippen molar-refractivity contribution in [1.82, 2.24) is 20.1 Å². The lowest BCUT2D eigenvalue weighted by Crippen LogP contribution is -2.36. The summed E-state index contributed by atoms with van der Waals surface area (Å²) in [6, 6.07) is 7.92. The minimum Gasteiger partial charge on any atom is -0.348 e. The number of carbonyl (C=O) groups is 1. The molecule has 2 atom stereocenters. The normalized spacial score (nSPS) is 18.3. The first-order valence-electron chi connectivity index (χ1n) is 8.29. The number of rotatable bonds is 4. The molecule has 0 fully saturated rings. The Labute approximate surface area is 153 Å². The predicted molar refractivity (Wildman–Crippen MR) is 91.6 cm³/mol. The van der Waals surface area contributed by atoms with Crippen LogP contribution in [0.4, 0.5) is 13.2 Å². The molecule has 0 radical (unpaired) electrons. The van der Waals surface area contributed by atoms with Gasteiger partial charge in [0, 0.05) is 7.05 Å². The fourth-order valence-electron chi connectivity index (χ4n) is 3.07. The molecule has 5 nitrogen and oxygen atoms in total. The monoisotopic (exact) mass is 384 g/mol. The van der Waals surface area contributed by atoms with Crippen LogP contribution in [-0.4, -0.2) is 25.9 Å². The van der Waals surface area contributed by atoms with Gasteiger partial charge in [0.15, 0.2) is 5.16 Å². The van der Waals surface area contributed by atoms with E-state index in [1.165, 1.54) is 12.6 Å². The summed E-state index contributed by atoms with van der Waals surface area (Å²) in [5.74, 6) is -1.30. The van der Waals surface area contributed by atoms with Gasteiger partial charge in [0.25, 0.3) is 0 Å². The fourth-order valence-corrected chi connectivity index (χ4v) is 3.89. The number of nitrogens with one attached hydrogen (secondary N) is 1. The summed E-state index contributed by atoms with van der Waals surface area (Å²) < 4.78 is 39.3. The number of aryl methyl sites for hydroxylation is 1. The van der Waals surface area contributed by atoms with Gasteiger partial charge in [-0.2, -0.15) is 13.2 Å². The first kappa shape index (κ1) is 18.8. The van der Waals surface area contributed by atoms with Gasteiger partial charge in [-0.3, -0.25) is 4.79 Å². The van der Waals surface area contributed by atoms with Gasteiger partial charge in [-0.15, -0.1) is 10.2 Å². The van der Waals surface area contributed by atoms with Gasteiger partial charge in [-0.25, -0.2) is 0 Å². The third-order valence-electron chi connectivity index (χ3n) is 4.43. The number of fused-ring (bicyclic) bond motifs is 1. The summed E-state index contributed by atoms with van der Waals surface area (Å²) in [7, 11) is 1.24. The van der Waals surface area contributed by atoms with Gasteiger partial charge in [0.1, 0.15) is 0 Å². The highest BCUT2D eigenvalue weighted by atomic mass is 32.2. The number of benzene rings is 1. The summed E-state index contributed by atoms with van der Waals surface area (Å²) in [5, 5.41) is 9.23. The van der Waals surface area contributed by atoms with Crippen molar-refractivity contribution in [3.63, 3.8) is 0 Å². The summed E-state index contributed by atoms with van der Waals surface area (Å²) >= 11 is 0.962. The quantitative estimate of drug-likeness (QED) is 0.820. The zero-order valence-electron chi connectivity index (χ0n) is 14.4. The van der Waals surface area contributed by atoms with E-state index in [0.717, 1.165) is 41.2 Å². The van der Waals surface area contributed by atoms with E-state index < -0.39 is 17.3 Å². The third kappa shape index (κ3) is 3.87. The molecule has 0 saturated heterocycles. The minimum absolute atomic E-state index is 0.0593. The van der Waals surface area contributed by atoms with E-state index in [1.807, 2.05) is 18.2 Å². The first-order chi connectivity index (χ1) is 12.3. The number of hydrogen-bond donors (Lipinski definition) is 1. The van der Waals surface area contributed by atoms with Gasteiger partial charge in [-0.05, 0) is 37.3 Å². The maximum absolute atomic E-state index is 12.8. The van der Waals surface area contributed by atoms with Crippen LogP contribution in [-0.2, 0) is 24.4 Å². The molecule has 1 aromatic heterocycles. The zero-order valence-corrected chi connectivity index (χ0v) is 15.2. The van der Waals surface area contributed by atoms with E-state index in [-0.39, 0.29) is 17.1 Å². The van der Waals surface area contributed by atoms with Gasteiger partial charge < -0.3 is 9.88 Å². The average molecular weight is 384 g/mol. The summed E-state index contributed by atoms with van der Waals surface area (Å²) in [4.78, 5) is 12.5. The van der Waals surface area contributed by atoms with Gasteiger partial charge in [-0.1, -0.05) is 36.0 Å². The van der Waals surface area contributed by atoms with Crippen LogP contribution >= 0.6 is 11.8 Å². The second-order valence-corrected chi connectivity index (χ2v) is 7.58. The highest BCUT2D eigenvalue weighted by molar-refractivity contribution is 8.00. The Bertz CT molecular complexity index is 806. The van der Waals surface area contributed by atoms with E-state index in [2.05, 4.69) is 21.6 Å². The molecule has 2 aromatic rings. The molecule has 0 unspecified atom stereocenters. The van der Waals surface area contributed by atoms with Crippen molar-refractivity contribution in [2.24, 2.45) is 7.05 Å². The summed E-state index contributed by atoms with van der Waals surface area (Å²) in [6.45, 7) is 1.65. The molecule has 1 N–H and O–H groups in total. The highest BCUT2D eigenvalue weighted by Crippen LogP contribution is 2.32. The Hall–Kier alpha value is -2.03. The lowest BCUT2D eigenvalue weighted by molar-refractivity contribution is -0.147. The number of thioether (sulfide) groups is 1. The number of amides is 1. The maximum Gasteiger partial charge on any atom is 0.451 e. The number of nitrogens with zero attached hydrogens (tertiary/aromatic N) is 3. The number of alkyl halides is 3. The van der Waals surface area contributed by atoms with E-state index in [0.29, 0.717) is 0 Å². The van der Waals surface area contributed by atoms with Crippen molar-refractivity contribution in [2.75, 3.05) is 0 Å². The van der Waals surface area contributed by atoms with Crippen LogP contribution in [0.3, 0.4) is 0 Å². The molecular weight excluding hydrogens is 365 g/mol. The van der Waals surface area contributed by atoms with Crippen LogP contribution in [0.5, 0.6) is 0 Å². The van der Waals surface area contributed by atoms with Crippen molar-refractivity contribution < 1.29 is 18.0 Å². The van der Waals surface area contributed by atoms with E-state index >= 15 is 0 Å². The Balaban J connectivity index is 1.67. The lowest BCUT2D eigenvalue weighted by Gasteiger charge is -2.27. The SMILES string of the molecule is C[C@@H](Sc1nnc(C(F)(F)F)n1C)C(=O)N[C@H]1CCCc2ccccc21. The number of hydrogen-bond acceptors (Lipinski definition) is 4. The first-order valence-corrected chi connectivity index (χ1v) is 9.16. The zero-order chi connectivity index (χ0) is 18.9. The van der Waals surface area contributed by atoms with Gasteiger partial charge >= 0.3 is 6.18 Å². The second-order valence-electron chi connectivity index (χ2n) is 6.28. The van der Waals surface area contributed by atoms with E-state index in [1.54, 1.807) is 6.92 Å². The van der Waals surface area contributed by atoms with Crippen LogP contribution in [0.1, 0.15) is 42.8 Å². The Morgan fingerprint density at radius 1 is 1.35 bits per heavy atom. The van der Waals surface area contributed by atoms with Crippen molar-refractivity contribution in [3.05, 3.63) is 41.2 Å². The molecule has 140 valence electrons. The smallest absolute Gasteiger partial charge is 0.348 e. The molecule has 1 aromatic carbocycles. The number of halogens is 3. The van der Waals surface area contributed by atoms with E-state index in [9.17, 15) is 18.0 Å². The minimum atomic E-state index is -4.57. The van der Waals surface area contributed by atoms with Crippen LogP contribution in [0, 0.1) is 0 Å². The van der Waals surface area contributed by atoms with Crippen molar-refractivity contribution in [2.45, 2.75) is 48.8 Å². The Morgan fingerprint density at radius 2 is 2.08 bits per heavy atom. The lowest BCUT2D eigenvalue weighted by atomic mass is 9.88. The molecule has 1 amide bonds. The molecule has 0 aliphatic heterocycles. The standard InChI is InChI=1S/C17H19F3N4OS/c1-10(26-16-23-22-15(24(16)2)17(18,19)20)14(25)21-13-9-5-7-11-6-3-4-8-12(11)13/h3-4,6,8,10,13H,5,7,9H2,1-2H3,(H,21,25)/t10-,13+/m1/s1. The third-order valence-corrected chi connectivity index (χ3v) is 5.56. The topological polar surface area (TPSA) is 59.8 Å². The molecule has 3 rings (SSSR count). The maximum atomic E-state index is 12.8.